The summed E-state index contributed by atoms with van der Waals surface area (Å²) in [7, 11) is 0. The molecular weight excluding hydrogens is 408 g/mol. The number of hydrogen-bond donors (Lipinski definition) is 4. The first-order valence-corrected chi connectivity index (χ1v) is 9.94. The quantitative estimate of drug-likeness (QED) is 0.475. The number of carboxylic acids is 1. The van der Waals surface area contributed by atoms with Gasteiger partial charge in [-0.05, 0) is 35.6 Å². The van der Waals surface area contributed by atoms with Crippen LogP contribution >= 0.6 is 11.3 Å². The zero-order valence-corrected chi connectivity index (χ0v) is 16.8. The van der Waals surface area contributed by atoms with Crippen molar-refractivity contribution in [1.29, 1.82) is 0 Å². The van der Waals surface area contributed by atoms with E-state index in [9.17, 15) is 19.5 Å². The van der Waals surface area contributed by atoms with Gasteiger partial charge >= 0.3 is 5.97 Å². The van der Waals surface area contributed by atoms with Crippen LogP contribution in [0.2, 0.25) is 0 Å². The number of thiophene rings is 1. The molecule has 9 nitrogen and oxygen atoms in total. The number of amides is 1. The molecule has 3 heterocycles. The fourth-order valence-corrected chi connectivity index (χ4v) is 4.13. The lowest BCUT2D eigenvalue weighted by Gasteiger charge is -2.18. The highest BCUT2D eigenvalue weighted by Crippen LogP contribution is 2.29. The third-order valence-electron chi connectivity index (χ3n) is 4.78. The highest BCUT2D eigenvalue weighted by Gasteiger charge is 2.21. The van der Waals surface area contributed by atoms with E-state index < -0.39 is 17.4 Å². The number of ether oxygens (including phenoxy) is 1. The number of carbonyl (C=O) groups is 2. The van der Waals surface area contributed by atoms with Crippen LogP contribution in [0.25, 0.3) is 15.9 Å². The number of aromatic amines is 1. The molecule has 3 aromatic rings. The van der Waals surface area contributed by atoms with Crippen molar-refractivity contribution in [1.82, 2.24) is 15.3 Å². The van der Waals surface area contributed by atoms with E-state index >= 15 is 0 Å². The lowest BCUT2D eigenvalue weighted by Crippen LogP contribution is -2.25. The van der Waals surface area contributed by atoms with Crippen molar-refractivity contribution in [2.45, 2.75) is 19.4 Å². The molecule has 1 unspecified atom stereocenters. The molecule has 10 heteroatoms. The summed E-state index contributed by atoms with van der Waals surface area (Å²) in [4.78, 5) is 42.9. The number of hydrogen-bond acceptors (Lipinski definition) is 7. The Bertz CT molecular complexity index is 1250. The Morgan fingerprint density at radius 2 is 2.23 bits per heavy atom. The van der Waals surface area contributed by atoms with Crippen LogP contribution in [0.15, 0.2) is 35.0 Å². The van der Waals surface area contributed by atoms with Crippen LogP contribution in [-0.4, -0.2) is 33.6 Å². The van der Waals surface area contributed by atoms with Crippen molar-refractivity contribution < 1.29 is 19.4 Å². The largest absolute Gasteiger partial charge is 0.482 e. The lowest BCUT2D eigenvalue weighted by atomic mass is 10.0. The molecule has 1 aliphatic heterocycles. The van der Waals surface area contributed by atoms with Crippen molar-refractivity contribution in [3.63, 3.8) is 0 Å². The number of rotatable bonds is 6. The summed E-state index contributed by atoms with van der Waals surface area (Å²) in [5.41, 5.74) is 1.92. The monoisotopic (exact) mass is 426 g/mol. The summed E-state index contributed by atoms with van der Waals surface area (Å²) in [6.45, 7) is 5.84. The fraction of sp³-hybridized carbons (Fsp3) is 0.200. The minimum Gasteiger partial charge on any atom is -0.482 e. The zero-order valence-electron chi connectivity index (χ0n) is 15.9. The third-order valence-corrected chi connectivity index (χ3v) is 5.67. The summed E-state index contributed by atoms with van der Waals surface area (Å²) in [6, 6.07) is 5.43. The summed E-state index contributed by atoms with van der Waals surface area (Å²) in [6.07, 6.45) is 0. The molecule has 1 aliphatic rings. The summed E-state index contributed by atoms with van der Waals surface area (Å²) >= 11 is 1.22. The first-order valence-electron chi connectivity index (χ1n) is 9.06. The number of fused-ring (bicyclic) bond motifs is 2. The minimum absolute atomic E-state index is 0.00140. The van der Waals surface area contributed by atoms with Gasteiger partial charge in [0.25, 0.3) is 11.5 Å². The molecule has 1 aromatic carbocycles. The van der Waals surface area contributed by atoms with Crippen molar-refractivity contribution in [3.05, 3.63) is 57.5 Å². The van der Waals surface area contributed by atoms with Gasteiger partial charge in [0.05, 0.1) is 22.7 Å². The third kappa shape index (κ3) is 3.64. The van der Waals surface area contributed by atoms with E-state index in [1.165, 1.54) is 18.3 Å². The van der Waals surface area contributed by atoms with Crippen molar-refractivity contribution >= 4 is 44.8 Å². The topological polar surface area (TPSA) is 133 Å². The van der Waals surface area contributed by atoms with Crippen molar-refractivity contribution in [3.8, 4) is 5.75 Å². The average Bonchev–Trinajstić information content (AvgIpc) is 3.15. The summed E-state index contributed by atoms with van der Waals surface area (Å²) < 4.78 is 5.34. The maximum Gasteiger partial charge on any atom is 0.310 e. The Balaban J connectivity index is 1.53. The van der Waals surface area contributed by atoms with Crippen LogP contribution in [0.5, 0.6) is 5.75 Å². The molecule has 0 fully saturated rings. The number of benzene rings is 1. The summed E-state index contributed by atoms with van der Waals surface area (Å²) in [5.74, 6) is -1.13. The number of H-pyrrole nitrogens is 1. The number of carbonyl (C=O) groups excluding carboxylic acids is 1. The van der Waals surface area contributed by atoms with Gasteiger partial charge in [0.2, 0.25) is 0 Å². The van der Waals surface area contributed by atoms with Gasteiger partial charge in [-0.3, -0.25) is 14.4 Å². The number of aromatic nitrogens is 2. The lowest BCUT2D eigenvalue weighted by molar-refractivity contribution is -0.138. The standard InChI is InChI=1S/C20H18N4O5S/c1-9(20(27)28)12-8-30-19-16(12)18(26)23-17(24-19)10(2)21-6-11-3-4-14-13(5-11)22-15(25)7-29-14/h3-5,8-9,21H,2,6-7H2,1H3,(H,22,25)(H,27,28)(H,23,24,26). The maximum absolute atomic E-state index is 12.6. The van der Waals surface area contributed by atoms with E-state index in [1.807, 2.05) is 6.07 Å². The Kier molecular flexibility index (Phi) is 5.00. The molecule has 154 valence electrons. The van der Waals surface area contributed by atoms with Gasteiger partial charge in [-0.1, -0.05) is 12.6 Å². The second-order valence-electron chi connectivity index (χ2n) is 6.85. The molecule has 30 heavy (non-hydrogen) atoms. The molecule has 1 atom stereocenters. The van der Waals surface area contributed by atoms with Crippen LogP contribution in [0.1, 0.15) is 29.8 Å². The van der Waals surface area contributed by atoms with Crippen molar-refractivity contribution in [2.75, 3.05) is 11.9 Å². The smallest absolute Gasteiger partial charge is 0.310 e. The second-order valence-corrected chi connectivity index (χ2v) is 7.70. The van der Waals surface area contributed by atoms with Gasteiger partial charge < -0.3 is 25.5 Å². The number of carboxylic acid groups (broad SMARTS) is 1. The van der Waals surface area contributed by atoms with Crippen LogP contribution in [0.4, 0.5) is 5.69 Å². The normalized spacial score (nSPS) is 13.8. The molecule has 1 amide bonds. The van der Waals surface area contributed by atoms with E-state index in [1.54, 1.807) is 17.5 Å². The first kappa shape index (κ1) is 19.6. The predicted octanol–water partition coefficient (Wildman–Crippen LogP) is 2.26. The average molecular weight is 426 g/mol. The van der Waals surface area contributed by atoms with E-state index in [0.29, 0.717) is 34.1 Å². The Hall–Kier alpha value is -3.66. The molecule has 0 saturated carbocycles. The predicted molar refractivity (Wildman–Crippen MR) is 113 cm³/mol. The summed E-state index contributed by atoms with van der Waals surface area (Å²) in [5, 5.41) is 17.0. The second kappa shape index (κ2) is 7.64. The van der Waals surface area contributed by atoms with Crippen LogP contribution < -0.4 is 20.9 Å². The molecule has 2 aromatic heterocycles. The van der Waals surface area contributed by atoms with E-state index in [-0.39, 0.29) is 23.7 Å². The Morgan fingerprint density at radius 1 is 1.43 bits per heavy atom. The SMILES string of the molecule is C=C(NCc1ccc2c(c1)NC(=O)CO2)c1nc2scc(C(C)C(=O)O)c2c(=O)[nH]1. The van der Waals surface area contributed by atoms with Crippen LogP contribution in [0.3, 0.4) is 0 Å². The molecule has 0 saturated heterocycles. The van der Waals surface area contributed by atoms with Gasteiger partial charge in [-0.2, -0.15) is 0 Å². The number of nitrogens with one attached hydrogen (secondary N) is 3. The van der Waals surface area contributed by atoms with Gasteiger partial charge in [-0.15, -0.1) is 11.3 Å². The molecular formula is C20H18N4O5S. The first-order chi connectivity index (χ1) is 14.3. The van der Waals surface area contributed by atoms with Gasteiger partial charge in [0, 0.05) is 6.54 Å². The Labute approximate surface area is 174 Å². The highest BCUT2D eigenvalue weighted by atomic mass is 32.1. The van der Waals surface area contributed by atoms with Crippen LogP contribution in [-0.2, 0) is 16.1 Å². The molecule has 0 aliphatic carbocycles. The van der Waals surface area contributed by atoms with Crippen LogP contribution in [0, 0.1) is 0 Å². The highest BCUT2D eigenvalue weighted by molar-refractivity contribution is 7.16. The number of nitrogens with zero attached hydrogens (tertiary/aromatic N) is 1. The van der Waals surface area contributed by atoms with Gasteiger partial charge in [0.15, 0.2) is 12.4 Å². The van der Waals surface area contributed by atoms with Gasteiger partial charge in [0.1, 0.15) is 10.6 Å². The fourth-order valence-electron chi connectivity index (χ4n) is 3.10. The Morgan fingerprint density at radius 3 is 3.00 bits per heavy atom. The van der Waals surface area contributed by atoms with E-state index in [2.05, 4.69) is 27.2 Å². The number of anilines is 1. The molecule has 4 N–H and O–H groups in total. The van der Waals surface area contributed by atoms with Gasteiger partial charge in [-0.25, -0.2) is 4.98 Å². The number of aliphatic carboxylic acids is 1. The molecule has 0 radical (unpaired) electrons. The molecule has 4 rings (SSSR count). The zero-order chi connectivity index (χ0) is 21.4. The van der Waals surface area contributed by atoms with E-state index in [4.69, 9.17) is 4.74 Å². The van der Waals surface area contributed by atoms with Crippen molar-refractivity contribution in [2.24, 2.45) is 0 Å². The minimum atomic E-state index is -1.00. The van der Waals surface area contributed by atoms with E-state index in [0.717, 1.165) is 5.56 Å². The maximum atomic E-state index is 12.6. The molecule has 0 bridgehead atoms. The molecule has 0 spiro atoms.